The molecule has 1 heterocycles. The van der Waals surface area contributed by atoms with Gasteiger partial charge < -0.3 is 7.59 Å². The van der Waals surface area contributed by atoms with Crippen LogP contribution in [-0.4, -0.2) is 23.1 Å². The van der Waals surface area contributed by atoms with Gasteiger partial charge in [-0.05, 0) is 24.1 Å². The van der Waals surface area contributed by atoms with Crippen molar-refractivity contribution in [2.45, 2.75) is 6.42 Å². The first-order chi connectivity index (χ1) is 4.97. The first kappa shape index (κ1) is 16.0. The first-order valence-electron chi connectivity index (χ1n) is 3.36. The molecule has 1 aromatic carbocycles. The van der Waals surface area contributed by atoms with Crippen LogP contribution in [0.5, 0.6) is 5.75 Å². The van der Waals surface area contributed by atoms with Crippen LogP contribution in [0, 0.1) is 0 Å². The Hall–Kier alpha value is 0.552. The molecular formula is C9H10CoFeMgO. The molecular weight excluding hydrogens is 263 g/mol. The smallest absolute Gasteiger partial charge is 1.00 e. The predicted molar refractivity (Wildman–Crippen MR) is 47.9 cm³/mol. The largest absolute Gasteiger partial charge is 2.00 e. The van der Waals surface area contributed by atoms with Gasteiger partial charge in [0.2, 0.25) is 0 Å². The third kappa shape index (κ3) is 4.06. The molecule has 2 rings (SSSR count). The molecule has 1 nitrogen and oxygen atoms in total. The maximum Gasteiger partial charge on any atom is 2.00 e. The molecule has 13 heavy (non-hydrogen) atoms. The van der Waals surface area contributed by atoms with Crippen LogP contribution in [0.25, 0.3) is 0 Å². The quantitative estimate of drug-likeness (QED) is 0.657. The molecule has 4 heteroatoms. The molecule has 1 aliphatic rings. The van der Waals surface area contributed by atoms with Crippen LogP contribution >= 0.6 is 0 Å². The Labute approximate surface area is 118 Å². The maximum absolute atomic E-state index is 5.24. The minimum Gasteiger partial charge on any atom is -1.00 e. The van der Waals surface area contributed by atoms with E-state index in [1.54, 1.807) is 6.26 Å². The molecule has 1 aliphatic heterocycles. The fraction of sp³-hybridized carbons (Fsp3) is 0.111. The van der Waals surface area contributed by atoms with E-state index in [4.69, 9.17) is 4.74 Å². The van der Waals surface area contributed by atoms with Crippen LogP contribution in [0.15, 0.2) is 36.6 Å². The van der Waals surface area contributed by atoms with Gasteiger partial charge in [-0.2, -0.15) is 0 Å². The zero-order valence-electron chi connectivity index (χ0n) is 8.97. The van der Waals surface area contributed by atoms with Gasteiger partial charge in [-0.1, -0.05) is 18.2 Å². The summed E-state index contributed by atoms with van der Waals surface area (Å²) in [5.41, 5.74) is 1.27. The van der Waals surface area contributed by atoms with Crippen molar-refractivity contribution in [3.05, 3.63) is 42.2 Å². The van der Waals surface area contributed by atoms with E-state index in [9.17, 15) is 0 Å². The van der Waals surface area contributed by atoms with Crippen LogP contribution in [0.2, 0.25) is 0 Å². The zero-order valence-corrected chi connectivity index (χ0v) is 10.5. The van der Waals surface area contributed by atoms with Crippen molar-refractivity contribution in [1.82, 2.24) is 0 Å². The Balaban J connectivity index is -0.000000121. The Morgan fingerprint density at radius 1 is 1.23 bits per heavy atom. The van der Waals surface area contributed by atoms with Crippen LogP contribution < -0.4 is 4.74 Å². The van der Waals surface area contributed by atoms with Gasteiger partial charge in [0.15, 0.2) is 0 Å². The number of rotatable bonds is 0. The van der Waals surface area contributed by atoms with E-state index < -0.39 is 0 Å². The van der Waals surface area contributed by atoms with Crippen molar-refractivity contribution < 1.29 is 41.4 Å². The van der Waals surface area contributed by atoms with Gasteiger partial charge >= 0.3 is 23.1 Å². The number of hydrogen-bond donors (Lipinski definition) is 0. The maximum atomic E-state index is 5.24. The SMILES string of the molecule is C1=COc2ccccc2C1.[Co].[Fe].[H-].[H-].[Mg+2]. The molecule has 0 N–H and O–H groups in total. The number of para-hydroxylation sites is 1. The van der Waals surface area contributed by atoms with Crippen molar-refractivity contribution in [2.75, 3.05) is 0 Å². The summed E-state index contributed by atoms with van der Waals surface area (Å²) in [7, 11) is 0. The van der Waals surface area contributed by atoms with E-state index >= 15 is 0 Å². The Kier molecular flexibility index (Phi) is 9.74. The first-order valence-corrected chi connectivity index (χ1v) is 3.36. The average Bonchev–Trinajstić information content (AvgIpc) is 2.05. The molecule has 0 unspecified atom stereocenters. The summed E-state index contributed by atoms with van der Waals surface area (Å²) in [4.78, 5) is 0. The number of hydrogen-bond acceptors (Lipinski definition) is 1. The number of allylic oxidation sites excluding steroid dienone is 1. The van der Waals surface area contributed by atoms with Crippen molar-refractivity contribution in [2.24, 2.45) is 0 Å². The summed E-state index contributed by atoms with van der Waals surface area (Å²) in [5.74, 6) is 0.991. The summed E-state index contributed by atoms with van der Waals surface area (Å²) in [6, 6.07) is 8.08. The average molecular weight is 273 g/mol. The van der Waals surface area contributed by atoms with Gasteiger partial charge in [0.25, 0.3) is 0 Å². The molecule has 0 amide bonds. The molecule has 0 bridgehead atoms. The van der Waals surface area contributed by atoms with Crippen LogP contribution in [0.1, 0.15) is 8.42 Å². The zero-order chi connectivity index (χ0) is 6.81. The second-order valence-corrected chi connectivity index (χ2v) is 2.30. The van der Waals surface area contributed by atoms with Crippen molar-refractivity contribution in [3.8, 4) is 5.75 Å². The Morgan fingerprint density at radius 3 is 2.62 bits per heavy atom. The van der Waals surface area contributed by atoms with Crippen molar-refractivity contribution in [3.63, 3.8) is 0 Å². The second kappa shape index (κ2) is 7.91. The van der Waals surface area contributed by atoms with E-state index in [1.165, 1.54) is 5.56 Å². The monoisotopic (exact) mass is 273 g/mol. The molecule has 71 valence electrons. The van der Waals surface area contributed by atoms with E-state index in [0.717, 1.165) is 12.2 Å². The summed E-state index contributed by atoms with van der Waals surface area (Å²) in [5, 5.41) is 0. The number of fused-ring (bicyclic) bond motifs is 1. The van der Waals surface area contributed by atoms with E-state index in [2.05, 4.69) is 6.07 Å². The molecule has 0 aliphatic carbocycles. The minimum absolute atomic E-state index is 0. The fourth-order valence-corrected chi connectivity index (χ4v) is 1.08. The summed E-state index contributed by atoms with van der Waals surface area (Å²) in [6.45, 7) is 0. The van der Waals surface area contributed by atoms with E-state index in [0.29, 0.717) is 0 Å². The molecule has 1 aromatic rings. The van der Waals surface area contributed by atoms with E-state index in [1.807, 2.05) is 24.3 Å². The Bertz CT molecular complexity index is 260. The molecule has 0 aromatic heterocycles. The number of ether oxygens (including phenoxy) is 1. The minimum atomic E-state index is 0. The molecule has 1 radical (unpaired) electrons. The van der Waals surface area contributed by atoms with Crippen LogP contribution in [0.3, 0.4) is 0 Å². The number of benzene rings is 1. The van der Waals surface area contributed by atoms with Gasteiger partial charge in [0.1, 0.15) is 5.75 Å². The molecule has 0 saturated heterocycles. The standard InChI is InChI=1S/C9H8O.Co.Fe.Mg.2H/c1-2-6-9-8(4-1)5-3-7-10-9;;;;;/h1-4,6-7H,5H2;;;;;/q;;;+2;2*-1. The molecule has 0 spiro atoms. The van der Waals surface area contributed by atoms with Gasteiger partial charge in [-0.3, -0.25) is 0 Å². The van der Waals surface area contributed by atoms with Gasteiger partial charge in [-0.25, -0.2) is 0 Å². The summed E-state index contributed by atoms with van der Waals surface area (Å²) >= 11 is 0. The topological polar surface area (TPSA) is 9.23 Å². The third-order valence-electron chi connectivity index (χ3n) is 1.60. The Morgan fingerprint density at radius 2 is 1.92 bits per heavy atom. The normalized spacial score (nSPS) is 10.8. The predicted octanol–water partition coefficient (Wildman–Crippen LogP) is 1.97. The van der Waals surface area contributed by atoms with Crippen molar-refractivity contribution in [1.29, 1.82) is 0 Å². The molecule has 0 atom stereocenters. The van der Waals surface area contributed by atoms with E-state index in [-0.39, 0.29) is 59.8 Å². The van der Waals surface area contributed by atoms with Gasteiger partial charge in [-0.15, -0.1) is 0 Å². The van der Waals surface area contributed by atoms with Gasteiger partial charge in [0, 0.05) is 33.8 Å². The van der Waals surface area contributed by atoms with Gasteiger partial charge in [0.05, 0.1) is 6.26 Å². The summed E-state index contributed by atoms with van der Waals surface area (Å²) < 4.78 is 5.24. The van der Waals surface area contributed by atoms with Crippen molar-refractivity contribution >= 4 is 23.1 Å². The van der Waals surface area contributed by atoms with Crippen LogP contribution in [-0.2, 0) is 40.3 Å². The third-order valence-corrected chi connectivity index (χ3v) is 1.60. The second-order valence-electron chi connectivity index (χ2n) is 2.30. The molecule has 0 fully saturated rings. The molecule has 0 saturated carbocycles. The fourth-order valence-electron chi connectivity index (χ4n) is 1.08. The van der Waals surface area contributed by atoms with Crippen LogP contribution in [0.4, 0.5) is 0 Å². The summed E-state index contributed by atoms with van der Waals surface area (Å²) in [6.07, 6.45) is 4.75.